The molecule has 0 aromatic heterocycles. The van der Waals surface area contributed by atoms with Crippen LogP contribution in [0.3, 0.4) is 0 Å². The van der Waals surface area contributed by atoms with E-state index in [0.717, 1.165) is 25.4 Å². The molecule has 1 aromatic carbocycles. The lowest BCUT2D eigenvalue weighted by Gasteiger charge is -2.16. The maximum Gasteiger partial charge on any atom is 0.119 e. The Bertz CT molecular complexity index is 508. The van der Waals surface area contributed by atoms with Crippen LogP contribution >= 0.6 is 0 Å². The Balaban J connectivity index is -0.000000429. The average Bonchev–Trinajstić information content (AvgIpc) is 3.57. The van der Waals surface area contributed by atoms with Gasteiger partial charge in [0.2, 0.25) is 0 Å². The lowest BCUT2D eigenvalue weighted by Crippen LogP contribution is -2.12. The molecule has 2 rings (SSSR count). The van der Waals surface area contributed by atoms with Gasteiger partial charge in [-0.1, -0.05) is 58.9 Å². The second-order valence-corrected chi connectivity index (χ2v) is 8.36. The van der Waals surface area contributed by atoms with Gasteiger partial charge in [0.25, 0.3) is 0 Å². The van der Waals surface area contributed by atoms with Crippen molar-refractivity contribution in [3.8, 4) is 5.75 Å². The van der Waals surface area contributed by atoms with Gasteiger partial charge >= 0.3 is 0 Å². The molecule has 0 radical (unpaired) electrons. The number of benzene rings is 1. The molecular weight excluding hydrogens is 358 g/mol. The fraction of sp³-hybridized carbons (Fsp3) is 0.692. The predicted molar refractivity (Wildman–Crippen MR) is 132 cm³/mol. The molecular formula is C26H51NO2. The highest BCUT2D eigenvalue weighted by Gasteiger charge is 2.21. The topological polar surface area (TPSA) is 41.5 Å². The maximum atomic E-state index is 7.00. The number of hydrogen-bond donors (Lipinski definition) is 2. The van der Waals surface area contributed by atoms with Crippen LogP contribution in [0.25, 0.3) is 0 Å². The smallest absolute Gasteiger partial charge is 0.119 e. The Hall–Kier alpha value is -1.32. The van der Waals surface area contributed by atoms with Crippen LogP contribution in [0.4, 0.5) is 0 Å². The molecule has 0 bridgehead atoms. The van der Waals surface area contributed by atoms with E-state index in [-0.39, 0.29) is 1.43 Å². The molecule has 0 spiro atoms. The lowest BCUT2D eigenvalue weighted by atomic mass is 9.90. The zero-order chi connectivity index (χ0) is 22.7. The van der Waals surface area contributed by atoms with Crippen molar-refractivity contribution in [2.45, 2.75) is 86.6 Å². The number of allylic oxidation sites excluding steroid dienone is 2. The first-order valence-electron chi connectivity index (χ1n) is 11.3. The third kappa shape index (κ3) is 18.4. The van der Waals surface area contributed by atoms with Gasteiger partial charge in [0.15, 0.2) is 0 Å². The fourth-order valence-corrected chi connectivity index (χ4v) is 2.46. The fourth-order valence-electron chi connectivity index (χ4n) is 2.46. The van der Waals surface area contributed by atoms with Crippen molar-refractivity contribution in [3.05, 3.63) is 42.0 Å². The summed E-state index contributed by atoms with van der Waals surface area (Å²) in [6, 6.07) is 8.74. The standard InChI is InChI=1S/C13H19NO.C10H20.C2H6.CH4O.H2/c1-10(14-2)12-4-3-5-13(8-12)15-9-11-6-7-11;1-5-6-7-8-9-10(2,3)4;2*1-2;/h3-5,8,10-11,14H,6-7,9H2,1-2H3;5-6H,7-9H2,1-4H3;1-2H3;2H,1H3;1H/b;6-5+;;;/t10-;;;;/m1..../s1. The molecule has 1 aromatic rings. The first kappa shape index (κ1) is 29.9. The monoisotopic (exact) mass is 409 g/mol. The molecule has 3 heteroatoms. The van der Waals surface area contributed by atoms with Gasteiger partial charge in [-0.05, 0) is 82.0 Å². The first-order valence-corrected chi connectivity index (χ1v) is 11.3. The van der Waals surface area contributed by atoms with Crippen molar-refractivity contribution in [2.75, 3.05) is 20.8 Å². The van der Waals surface area contributed by atoms with Crippen LogP contribution in [0, 0.1) is 11.3 Å². The molecule has 0 amide bonds. The van der Waals surface area contributed by atoms with E-state index in [1.54, 1.807) is 0 Å². The number of nitrogens with one attached hydrogen (secondary N) is 1. The summed E-state index contributed by atoms with van der Waals surface area (Å²) in [7, 11) is 2.97. The van der Waals surface area contributed by atoms with Crippen LogP contribution < -0.4 is 10.1 Å². The van der Waals surface area contributed by atoms with E-state index in [1.807, 2.05) is 27.0 Å². The van der Waals surface area contributed by atoms with Crippen molar-refractivity contribution in [1.29, 1.82) is 0 Å². The number of aliphatic hydroxyl groups is 1. The van der Waals surface area contributed by atoms with Crippen LogP contribution in [0.2, 0.25) is 0 Å². The van der Waals surface area contributed by atoms with Crippen LogP contribution in [0.15, 0.2) is 36.4 Å². The minimum Gasteiger partial charge on any atom is -0.493 e. The minimum absolute atomic E-state index is 0. The SMILES string of the molecule is C/C=C/CCCC(C)(C)C.CC.CN[C@H](C)c1cccc(OCC2CC2)c1.CO.[HH]. The number of aliphatic hydroxyl groups excluding tert-OH is 1. The summed E-state index contributed by atoms with van der Waals surface area (Å²) < 4.78 is 5.74. The molecule has 1 fully saturated rings. The normalized spacial score (nSPS) is 13.9. The number of hydrogen-bond acceptors (Lipinski definition) is 3. The molecule has 3 nitrogen and oxygen atoms in total. The van der Waals surface area contributed by atoms with Gasteiger partial charge in [-0.15, -0.1) is 0 Å². The van der Waals surface area contributed by atoms with E-state index in [1.165, 1.54) is 37.7 Å². The molecule has 0 unspecified atom stereocenters. The molecule has 1 saturated carbocycles. The molecule has 172 valence electrons. The number of rotatable bonds is 8. The van der Waals surface area contributed by atoms with Gasteiger partial charge in [0.05, 0.1) is 6.61 Å². The van der Waals surface area contributed by atoms with Crippen LogP contribution in [0.5, 0.6) is 5.75 Å². The second kappa shape index (κ2) is 18.7. The molecule has 0 aliphatic heterocycles. The highest BCUT2D eigenvalue weighted by atomic mass is 16.5. The minimum atomic E-state index is 0. The van der Waals surface area contributed by atoms with Crippen LogP contribution in [-0.4, -0.2) is 25.9 Å². The maximum absolute atomic E-state index is 7.00. The van der Waals surface area contributed by atoms with E-state index >= 15 is 0 Å². The second-order valence-electron chi connectivity index (χ2n) is 8.36. The Kier molecular flexibility index (Phi) is 19.3. The van der Waals surface area contributed by atoms with E-state index in [9.17, 15) is 0 Å². The summed E-state index contributed by atoms with van der Waals surface area (Å²) >= 11 is 0. The largest absolute Gasteiger partial charge is 0.493 e. The van der Waals surface area contributed by atoms with Gasteiger partial charge in [-0.25, -0.2) is 0 Å². The number of unbranched alkanes of at least 4 members (excludes halogenated alkanes) is 1. The predicted octanol–water partition coefficient (Wildman–Crippen LogP) is 7.42. The summed E-state index contributed by atoms with van der Waals surface area (Å²) in [4.78, 5) is 0. The quantitative estimate of drug-likeness (QED) is 0.347. The molecule has 1 aliphatic carbocycles. The van der Waals surface area contributed by atoms with Gasteiger partial charge in [0, 0.05) is 14.6 Å². The first-order chi connectivity index (χ1) is 13.9. The summed E-state index contributed by atoms with van der Waals surface area (Å²) in [6.07, 6.45) is 11.0. The third-order valence-electron chi connectivity index (χ3n) is 4.51. The summed E-state index contributed by atoms with van der Waals surface area (Å²) in [6.45, 7) is 16.0. The van der Waals surface area contributed by atoms with Crippen molar-refractivity contribution in [1.82, 2.24) is 5.32 Å². The Labute approximate surface area is 183 Å². The van der Waals surface area contributed by atoms with Gasteiger partial charge < -0.3 is 15.2 Å². The van der Waals surface area contributed by atoms with Crippen LogP contribution in [0.1, 0.15) is 93.6 Å². The molecule has 1 aliphatic rings. The van der Waals surface area contributed by atoms with E-state index in [4.69, 9.17) is 9.84 Å². The number of ether oxygens (including phenoxy) is 1. The van der Waals surface area contributed by atoms with Gasteiger partial charge in [0.1, 0.15) is 5.75 Å². The van der Waals surface area contributed by atoms with E-state index in [2.05, 4.69) is 70.3 Å². The molecule has 0 heterocycles. The molecule has 29 heavy (non-hydrogen) atoms. The van der Waals surface area contributed by atoms with Crippen molar-refractivity contribution in [3.63, 3.8) is 0 Å². The Morgan fingerprint density at radius 1 is 1.24 bits per heavy atom. The Morgan fingerprint density at radius 2 is 1.86 bits per heavy atom. The summed E-state index contributed by atoms with van der Waals surface area (Å²) in [5.41, 5.74) is 1.80. The van der Waals surface area contributed by atoms with E-state index in [0.29, 0.717) is 11.5 Å². The highest BCUT2D eigenvalue weighted by molar-refractivity contribution is 5.30. The van der Waals surface area contributed by atoms with Crippen LogP contribution in [-0.2, 0) is 0 Å². The van der Waals surface area contributed by atoms with Crippen molar-refractivity contribution in [2.24, 2.45) is 11.3 Å². The molecule has 1 atom stereocenters. The lowest BCUT2D eigenvalue weighted by molar-refractivity contribution is 0.299. The third-order valence-corrected chi connectivity index (χ3v) is 4.51. The van der Waals surface area contributed by atoms with Gasteiger partial charge in [-0.2, -0.15) is 0 Å². The summed E-state index contributed by atoms with van der Waals surface area (Å²) in [5.74, 6) is 1.82. The zero-order valence-electron chi connectivity index (χ0n) is 20.7. The highest BCUT2D eigenvalue weighted by Crippen LogP contribution is 2.30. The van der Waals surface area contributed by atoms with Crippen molar-refractivity contribution < 1.29 is 11.3 Å². The van der Waals surface area contributed by atoms with Gasteiger partial charge in [-0.3, -0.25) is 0 Å². The Morgan fingerprint density at radius 3 is 2.34 bits per heavy atom. The average molecular weight is 410 g/mol. The zero-order valence-corrected chi connectivity index (χ0v) is 20.7. The molecule has 2 N–H and O–H groups in total. The molecule has 0 saturated heterocycles. The summed E-state index contributed by atoms with van der Waals surface area (Å²) in [5, 5.41) is 10.2. The van der Waals surface area contributed by atoms with E-state index < -0.39 is 0 Å². The van der Waals surface area contributed by atoms with Crippen molar-refractivity contribution >= 4 is 0 Å².